The molecule has 0 aliphatic carbocycles. The summed E-state index contributed by atoms with van der Waals surface area (Å²) < 4.78 is 5.91. The first kappa shape index (κ1) is 20.4. The van der Waals surface area contributed by atoms with Crippen LogP contribution in [0.25, 0.3) is 0 Å². The summed E-state index contributed by atoms with van der Waals surface area (Å²) in [6, 6.07) is 8.42. The van der Waals surface area contributed by atoms with E-state index in [9.17, 15) is 0 Å². The molecule has 0 amide bonds. The molecule has 0 radical (unpaired) electrons. The molecule has 2 heteroatoms. The van der Waals surface area contributed by atoms with E-state index in [-0.39, 0.29) is 0 Å². The summed E-state index contributed by atoms with van der Waals surface area (Å²) in [5.74, 6) is 4.34. The molecule has 0 saturated heterocycles. The highest BCUT2D eigenvalue weighted by Crippen LogP contribution is 2.22. The molecule has 1 rings (SSSR count). The summed E-state index contributed by atoms with van der Waals surface area (Å²) >= 11 is 0. The van der Waals surface area contributed by atoms with Crippen molar-refractivity contribution in [3.8, 4) is 17.7 Å². The lowest BCUT2D eigenvalue weighted by Crippen LogP contribution is -2.32. The zero-order chi connectivity index (χ0) is 18.1. The first-order chi connectivity index (χ1) is 11.4. The summed E-state index contributed by atoms with van der Waals surface area (Å²) in [6.45, 7) is 16.0. The van der Waals surface area contributed by atoms with Gasteiger partial charge >= 0.3 is 0 Å². The van der Waals surface area contributed by atoms with E-state index in [1.165, 1.54) is 30.4 Å². The minimum atomic E-state index is 0.420. The highest BCUT2D eigenvalue weighted by molar-refractivity contribution is 5.50. The van der Waals surface area contributed by atoms with Crippen LogP contribution in [-0.2, 0) is 0 Å². The van der Waals surface area contributed by atoms with E-state index in [0.717, 1.165) is 24.3 Å². The molecule has 0 spiro atoms. The Morgan fingerprint density at radius 1 is 0.958 bits per heavy atom. The van der Waals surface area contributed by atoms with Crippen molar-refractivity contribution < 1.29 is 4.74 Å². The first-order valence-electron chi connectivity index (χ1n) is 9.40. The average molecular weight is 330 g/mol. The first-order valence-corrected chi connectivity index (χ1v) is 9.40. The Kier molecular flexibility index (Phi) is 8.76. The van der Waals surface area contributed by atoms with Gasteiger partial charge in [0.1, 0.15) is 5.75 Å². The Hall–Kier alpha value is -1.62. The lowest BCUT2D eigenvalue weighted by molar-refractivity contribution is 0.274. The summed E-state index contributed by atoms with van der Waals surface area (Å²) in [5.41, 5.74) is 3.51. The number of hydrogen-bond donors (Lipinski definition) is 0. The maximum atomic E-state index is 5.91. The minimum Gasteiger partial charge on any atom is -0.494 e. The number of ether oxygens (including phenoxy) is 1. The Labute approximate surface area is 149 Å². The molecule has 0 bridgehead atoms. The molecule has 0 heterocycles. The van der Waals surface area contributed by atoms with Crippen LogP contribution in [0.4, 0.5) is 0 Å². The molecule has 24 heavy (non-hydrogen) atoms. The van der Waals surface area contributed by atoms with Gasteiger partial charge in [-0.05, 0) is 77.1 Å². The third-order valence-corrected chi connectivity index (χ3v) is 4.20. The Balaban J connectivity index is 2.81. The summed E-state index contributed by atoms with van der Waals surface area (Å²) in [5, 5.41) is 0. The van der Waals surface area contributed by atoms with Crippen LogP contribution in [-0.4, -0.2) is 23.6 Å². The molecule has 0 aliphatic rings. The van der Waals surface area contributed by atoms with Gasteiger partial charge in [-0.2, -0.15) is 0 Å². The third kappa shape index (κ3) is 6.48. The van der Waals surface area contributed by atoms with E-state index in [1.807, 2.05) is 0 Å². The molecule has 0 unspecified atom stereocenters. The summed E-state index contributed by atoms with van der Waals surface area (Å²) in [4.78, 5) is 2.21. The number of rotatable bonds is 8. The van der Waals surface area contributed by atoms with Gasteiger partial charge < -0.3 is 9.64 Å². The third-order valence-electron chi connectivity index (χ3n) is 4.20. The standard InChI is InChI=1S/C22H35NO/c1-8-9-10-11-14-24-21-15-19(6)22(20(7)16-21)12-13-23(17(2)3)18(4)5/h15-18H,8-11,14H2,1-7H3. The molecule has 1 aromatic rings. The van der Waals surface area contributed by atoms with Gasteiger partial charge in [-0.15, -0.1) is 0 Å². The van der Waals surface area contributed by atoms with Crippen LogP contribution in [0.1, 0.15) is 77.0 Å². The van der Waals surface area contributed by atoms with Crippen molar-refractivity contribution in [3.63, 3.8) is 0 Å². The van der Waals surface area contributed by atoms with Crippen molar-refractivity contribution in [2.45, 2.75) is 86.2 Å². The van der Waals surface area contributed by atoms with E-state index in [1.54, 1.807) is 0 Å². The second-order valence-corrected chi connectivity index (χ2v) is 7.17. The lowest BCUT2D eigenvalue weighted by Gasteiger charge is -2.26. The van der Waals surface area contributed by atoms with Gasteiger partial charge in [0.05, 0.1) is 6.61 Å². The van der Waals surface area contributed by atoms with Crippen molar-refractivity contribution in [3.05, 3.63) is 28.8 Å². The van der Waals surface area contributed by atoms with E-state index in [2.05, 4.69) is 77.5 Å². The van der Waals surface area contributed by atoms with Gasteiger partial charge in [0.2, 0.25) is 0 Å². The molecule has 1 aromatic carbocycles. The van der Waals surface area contributed by atoms with E-state index in [0.29, 0.717) is 12.1 Å². The highest BCUT2D eigenvalue weighted by Gasteiger charge is 2.09. The fourth-order valence-electron chi connectivity index (χ4n) is 2.90. The van der Waals surface area contributed by atoms with Crippen molar-refractivity contribution in [1.82, 2.24) is 4.90 Å². The van der Waals surface area contributed by atoms with Crippen LogP contribution in [0.2, 0.25) is 0 Å². The number of unbranched alkanes of at least 4 members (excludes halogenated alkanes) is 3. The maximum Gasteiger partial charge on any atom is 0.119 e. The smallest absolute Gasteiger partial charge is 0.119 e. The van der Waals surface area contributed by atoms with Crippen LogP contribution in [0.5, 0.6) is 5.75 Å². The fraction of sp³-hybridized carbons (Fsp3) is 0.636. The Morgan fingerprint density at radius 3 is 2.04 bits per heavy atom. The van der Waals surface area contributed by atoms with Gasteiger partial charge in [-0.1, -0.05) is 26.2 Å². The molecule has 2 nitrogen and oxygen atoms in total. The second-order valence-electron chi connectivity index (χ2n) is 7.17. The average Bonchev–Trinajstić information content (AvgIpc) is 2.49. The normalized spacial score (nSPS) is 10.7. The van der Waals surface area contributed by atoms with Crippen molar-refractivity contribution in [1.29, 1.82) is 0 Å². The molecule has 0 aromatic heterocycles. The van der Waals surface area contributed by atoms with E-state index >= 15 is 0 Å². The zero-order valence-corrected chi connectivity index (χ0v) is 16.7. The number of benzene rings is 1. The van der Waals surface area contributed by atoms with Crippen molar-refractivity contribution in [2.75, 3.05) is 6.61 Å². The molecule has 0 aliphatic heterocycles. The van der Waals surface area contributed by atoms with Crippen LogP contribution < -0.4 is 4.74 Å². The van der Waals surface area contributed by atoms with E-state index < -0.39 is 0 Å². The van der Waals surface area contributed by atoms with Crippen molar-refractivity contribution >= 4 is 0 Å². The lowest BCUT2D eigenvalue weighted by atomic mass is 10.0. The molecule has 0 N–H and O–H groups in total. The highest BCUT2D eigenvalue weighted by atomic mass is 16.5. The summed E-state index contributed by atoms with van der Waals surface area (Å²) in [6.07, 6.45) is 4.93. The SMILES string of the molecule is CCCCCCOc1cc(C)c(C#CN(C(C)C)C(C)C)c(C)c1. The number of hydrogen-bond acceptors (Lipinski definition) is 2. The molecular formula is C22H35NO. The van der Waals surface area contributed by atoms with Gasteiger partial charge in [0.15, 0.2) is 0 Å². The van der Waals surface area contributed by atoms with Crippen LogP contribution >= 0.6 is 0 Å². The number of nitrogens with zero attached hydrogens (tertiary/aromatic N) is 1. The van der Waals surface area contributed by atoms with Crippen LogP contribution in [0.3, 0.4) is 0 Å². The Bertz CT molecular complexity index is 532. The van der Waals surface area contributed by atoms with Gasteiger partial charge in [0, 0.05) is 23.7 Å². The van der Waals surface area contributed by atoms with Gasteiger partial charge in [-0.3, -0.25) is 0 Å². The molecule has 134 valence electrons. The molecular weight excluding hydrogens is 294 g/mol. The molecule has 0 fully saturated rings. The second kappa shape index (κ2) is 10.3. The predicted molar refractivity (Wildman–Crippen MR) is 105 cm³/mol. The maximum absolute atomic E-state index is 5.91. The van der Waals surface area contributed by atoms with Gasteiger partial charge in [-0.25, -0.2) is 0 Å². The fourth-order valence-corrected chi connectivity index (χ4v) is 2.90. The van der Waals surface area contributed by atoms with E-state index in [4.69, 9.17) is 4.74 Å². The van der Waals surface area contributed by atoms with Crippen LogP contribution in [0, 0.1) is 25.8 Å². The summed E-state index contributed by atoms with van der Waals surface area (Å²) in [7, 11) is 0. The monoisotopic (exact) mass is 329 g/mol. The molecule has 0 atom stereocenters. The molecule has 0 saturated carbocycles. The topological polar surface area (TPSA) is 12.5 Å². The van der Waals surface area contributed by atoms with Crippen molar-refractivity contribution in [2.24, 2.45) is 0 Å². The number of aryl methyl sites for hydroxylation is 2. The quantitative estimate of drug-likeness (QED) is 0.345. The van der Waals surface area contributed by atoms with Crippen LogP contribution in [0.15, 0.2) is 12.1 Å². The largest absolute Gasteiger partial charge is 0.494 e. The minimum absolute atomic E-state index is 0.420. The van der Waals surface area contributed by atoms with Gasteiger partial charge in [0.25, 0.3) is 0 Å². The Morgan fingerprint density at radius 2 is 1.54 bits per heavy atom. The predicted octanol–water partition coefficient (Wildman–Crippen LogP) is 5.69. The zero-order valence-electron chi connectivity index (χ0n) is 16.7.